The normalized spacial score (nSPS) is 19.1. The number of amides is 2. The molecule has 0 aromatic carbocycles. The number of alkyl halides is 3. The number of carbonyl (C=O) groups is 1. The van der Waals surface area contributed by atoms with Crippen molar-refractivity contribution in [1.82, 2.24) is 24.9 Å². The lowest BCUT2D eigenvalue weighted by Gasteiger charge is -2.20. The van der Waals surface area contributed by atoms with Crippen LogP contribution in [0, 0.1) is 5.92 Å². The molecule has 2 amide bonds. The van der Waals surface area contributed by atoms with Gasteiger partial charge in [-0.1, -0.05) is 0 Å². The third-order valence-electron chi connectivity index (χ3n) is 3.84. The Hall–Kier alpha value is -1.77. The Morgan fingerprint density at radius 2 is 2.26 bits per heavy atom. The molecule has 0 saturated carbocycles. The fourth-order valence-electron chi connectivity index (χ4n) is 2.74. The lowest BCUT2D eigenvalue weighted by atomic mass is 10.1. The van der Waals surface area contributed by atoms with Gasteiger partial charge in [-0.15, -0.1) is 0 Å². The van der Waals surface area contributed by atoms with Gasteiger partial charge in [0.05, 0.1) is 19.3 Å². The van der Waals surface area contributed by atoms with E-state index >= 15 is 0 Å². The maximum Gasteiger partial charge on any atom is 0.401 e. The van der Waals surface area contributed by atoms with Crippen molar-refractivity contribution in [2.24, 2.45) is 13.0 Å². The molecule has 1 saturated heterocycles. The van der Waals surface area contributed by atoms with Crippen LogP contribution in [0.25, 0.3) is 0 Å². The summed E-state index contributed by atoms with van der Waals surface area (Å²) in [6, 6.07) is -0.233. The number of carbonyl (C=O) groups excluding carboxylic acids is 1. The van der Waals surface area contributed by atoms with Gasteiger partial charge in [0.25, 0.3) is 0 Å². The van der Waals surface area contributed by atoms with Gasteiger partial charge in [-0.2, -0.15) is 18.3 Å². The number of hydrogen-bond acceptors (Lipinski definition) is 3. The zero-order valence-corrected chi connectivity index (χ0v) is 13.3. The van der Waals surface area contributed by atoms with E-state index in [0.29, 0.717) is 32.6 Å². The van der Waals surface area contributed by atoms with Crippen LogP contribution >= 0.6 is 0 Å². The van der Waals surface area contributed by atoms with E-state index in [9.17, 15) is 18.0 Å². The van der Waals surface area contributed by atoms with Gasteiger partial charge in [0, 0.05) is 38.9 Å². The summed E-state index contributed by atoms with van der Waals surface area (Å²) in [6.07, 6.45) is 0.0241. The average molecular weight is 333 g/mol. The highest BCUT2D eigenvalue weighted by molar-refractivity contribution is 5.73. The van der Waals surface area contributed by atoms with Gasteiger partial charge < -0.3 is 10.2 Å². The number of hydrogen-bond donors (Lipinski definition) is 1. The molecule has 0 bridgehead atoms. The predicted molar refractivity (Wildman–Crippen MR) is 78.7 cm³/mol. The predicted octanol–water partition coefficient (Wildman–Crippen LogP) is 1.45. The largest absolute Gasteiger partial charge is 0.401 e. The van der Waals surface area contributed by atoms with Crippen molar-refractivity contribution in [3.63, 3.8) is 0 Å². The Morgan fingerprint density at radius 1 is 1.52 bits per heavy atom. The first-order valence-corrected chi connectivity index (χ1v) is 7.48. The van der Waals surface area contributed by atoms with Crippen LogP contribution in [0.4, 0.5) is 18.0 Å². The molecule has 2 heterocycles. The van der Waals surface area contributed by atoms with E-state index in [2.05, 4.69) is 10.4 Å². The first-order chi connectivity index (χ1) is 10.7. The SMILES string of the molecule is CN(Cc1cnn(C)c1)C(=O)NC[C@H]1CCN(CC(F)(F)F)C1. The Bertz CT molecular complexity index is 531. The molecule has 130 valence electrons. The molecule has 1 aliphatic heterocycles. The summed E-state index contributed by atoms with van der Waals surface area (Å²) in [5, 5.41) is 6.82. The van der Waals surface area contributed by atoms with Crippen molar-refractivity contribution in [2.45, 2.75) is 19.1 Å². The second-order valence-corrected chi connectivity index (χ2v) is 6.07. The van der Waals surface area contributed by atoms with Crippen LogP contribution < -0.4 is 5.32 Å². The lowest BCUT2D eigenvalue weighted by Crippen LogP contribution is -2.40. The standard InChI is InChI=1S/C14H22F3N5O/c1-20(7-12-6-19-21(2)8-12)13(23)18-5-11-3-4-22(9-11)10-14(15,16)17/h6,8,11H,3-5,7,9-10H2,1-2H3,(H,18,23)/t11-/m1/s1. The molecule has 1 atom stereocenters. The summed E-state index contributed by atoms with van der Waals surface area (Å²) in [5.74, 6) is 0.0630. The monoisotopic (exact) mass is 333 g/mol. The van der Waals surface area contributed by atoms with Crippen LogP contribution in [0.5, 0.6) is 0 Å². The molecular formula is C14H22F3N5O. The van der Waals surface area contributed by atoms with Gasteiger partial charge in [0.2, 0.25) is 0 Å². The number of likely N-dealkylation sites (tertiary alicyclic amines) is 1. The number of halogens is 3. The summed E-state index contributed by atoms with van der Waals surface area (Å²) in [5.41, 5.74) is 0.919. The van der Waals surface area contributed by atoms with Crippen LogP contribution in [0.2, 0.25) is 0 Å². The molecule has 1 N–H and O–H groups in total. The average Bonchev–Trinajstić information content (AvgIpc) is 3.03. The molecule has 1 fully saturated rings. The van der Waals surface area contributed by atoms with Gasteiger partial charge in [-0.05, 0) is 18.9 Å². The molecule has 9 heteroatoms. The van der Waals surface area contributed by atoms with Gasteiger partial charge in [-0.3, -0.25) is 9.58 Å². The minimum Gasteiger partial charge on any atom is -0.338 e. The van der Waals surface area contributed by atoms with Crippen LogP contribution in [0.1, 0.15) is 12.0 Å². The summed E-state index contributed by atoms with van der Waals surface area (Å²) >= 11 is 0. The van der Waals surface area contributed by atoms with E-state index in [1.807, 2.05) is 6.20 Å². The van der Waals surface area contributed by atoms with Gasteiger partial charge in [0.15, 0.2) is 0 Å². The number of aromatic nitrogens is 2. The molecule has 0 spiro atoms. The number of nitrogens with zero attached hydrogens (tertiary/aromatic N) is 4. The summed E-state index contributed by atoms with van der Waals surface area (Å²) in [7, 11) is 3.48. The van der Waals surface area contributed by atoms with Gasteiger partial charge in [-0.25, -0.2) is 4.79 Å². The van der Waals surface area contributed by atoms with Crippen LogP contribution in [0.3, 0.4) is 0 Å². The van der Waals surface area contributed by atoms with Gasteiger partial charge >= 0.3 is 12.2 Å². The van der Waals surface area contributed by atoms with Crippen molar-refractivity contribution in [1.29, 1.82) is 0 Å². The second-order valence-electron chi connectivity index (χ2n) is 6.07. The van der Waals surface area contributed by atoms with Gasteiger partial charge in [0.1, 0.15) is 0 Å². The van der Waals surface area contributed by atoms with Crippen molar-refractivity contribution in [3.05, 3.63) is 18.0 Å². The molecule has 0 unspecified atom stereocenters. The minimum atomic E-state index is -4.16. The van der Waals surface area contributed by atoms with E-state index in [-0.39, 0.29) is 11.9 Å². The maximum atomic E-state index is 12.3. The van der Waals surface area contributed by atoms with E-state index in [4.69, 9.17) is 0 Å². The number of rotatable bonds is 5. The third kappa shape index (κ3) is 5.74. The zero-order valence-electron chi connectivity index (χ0n) is 13.3. The molecule has 0 aliphatic carbocycles. The summed E-state index contributed by atoms with van der Waals surface area (Å²) < 4.78 is 38.7. The molecule has 0 radical (unpaired) electrons. The molecule has 1 aliphatic rings. The fraction of sp³-hybridized carbons (Fsp3) is 0.714. The first kappa shape index (κ1) is 17.6. The quantitative estimate of drug-likeness (QED) is 0.887. The van der Waals surface area contributed by atoms with E-state index < -0.39 is 12.7 Å². The van der Waals surface area contributed by atoms with Crippen molar-refractivity contribution in [2.75, 3.05) is 33.2 Å². The number of nitrogens with one attached hydrogen (secondary N) is 1. The van der Waals surface area contributed by atoms with E-state index in [1.54, 1.807) is 25.0 Å². The highest BCUT2D eigenvalue weighted by atomic mass is 19.4. The zero-order chi connectivity index (χ0) is 17.0. The first-order valence-electron chi connectivity index (χ1n) is 7.48. The van der Waals surface area contributed by atoms with Crippen molar-refractivity contribution in [3.8, 4) is 0 Å². The number of aryl methyl sites for hydroxylation is 1. The van der Waals surface area contributed by atoms with Crippen molar-refractivity contribution >= 4 is 6.03 Å². The Balaban J connectivity index is 1.70. The molecule has 6 nitrogen and oxygen atoms in total. The molecule has 2 rings (SSSR count). The van der Waals surface area contributed by atoms with E-state index in [0.717, 1.165) is 5.56 Å². The molecule has 1 aromatic rings. The summed E-state index contributed by atoms with van der Waals surface area (Å²) in [4.78, 5) is 14.9. The Labute approximate surface area is 133 Å². The van der Waals surface area contributed by atoms with Crippen LogP contribution in [0.15, 0.2) is 12.4 Å². The topological polar surface area (TPSA) is 53.4 Å². The van der Waals surface area contributed by atoms with Crippen molar-refractivity contribution < 1.29 is 18.0 Å². The Kier molecular flexibility index (Phi) is 5.51. The third-order valence-corrected chi connectivity index (χ3v) is 3.84. The lowest BCUT2D eigenvalue weighted by molar-refractivity contribution is -0.143. The highest BCUT2D eigenvalue weighted by Crippen LogP contribution is 2.22. The maximum absolute atomic E-state index is 12.3. The Morgan fingerprint density at radius 3 is 2.87 bits per heavy atom. The minimum absolute atomic E-state index is 0.0630. The van der Waals surface area contributed by atoms with E-state index in [1.165, 1.54) is 9.80 Å². The molecule has 1 aromatic heterocycles. The molecule has 23 heavy (non-hydrogen) atoms. The molecular weight excluding hydrogens is 311 g/mol. The van der Waals surface area contributed by atoms with Crippen LogP contribution in [-0.4, -0.2) is 65.0 Å². The summed E-state index contributed by atoms with van der Waals surface area (Å²) in [6.45, 7) is 0.741. The van der Waals surface area contributed by atoms with Crippen LogP contribution in [-0.2, 0) is 13.6 Å². The number of urea groups is 1. The second kappa shape index (κ2) is 7.20. The smallest absolute Gasteiger partial charge is 0.338 e. The fourth-order valence-corrected chi connectivity index (χ4v) is 2.74. The highest BCUT2D eigenvalue weighted by Gasteiger charge is 2.34.